The summed E-state index contributed by atoms with van der Waals surface area (Å²) in [5, 5.41) is 11.8. The number of rotatable bonds is 2. The van der Waals surface area contributed by atoms with Crippen LogP contribution in [0, 0.1) is 18.3 Å². The van der Waals surface area contributed by atoms with E-state index < -0.39 is 17.7 Å². The first-order chi connectivity index (χ1) is 10.2. The Morgan fingerprint density at radius 1 is 1.27 bits per heavy atom. The normalized spacial score (nSPS) is 16.4. The van der Waals surface area contributed by atoms with E-state index in [0.717, 1.165) is 5.56 Å². The largest absolute Gasteiger partial charge is 0.419 e. The summed E-state index contributed by atoms with van der Waals surface area (Å²) in [6.45, 7) is 4.76. The topological polar surface area (TPSA) is 88.4 Å². The van der Waals surface area contributed by atoms with E-state index in [1.807, 2.05) is 6.07 Å². The van der Waals surface area contributed by atoms with Gasteiger partial charge in [0, 0.05) is 24.5 Å². The Kier molecular flexibility index (Phi) is 4.24. The van der Waals surface area contributed by atoms with Crippen LogP contribution in [0.3, 0.4) is 0 Å². The van der Waals surface area contributed by atoms with Gasteiger partial charge in [-0.2, -0.15) is 5.26 Å². The first kappa shape index (κ1) is 16.0. The van der Waals surface area contributed by atoms with Crippen LogP contribution < -0.4 is 5.32 Å². The van der Waals surface area contributed by atoms with Crippen molar-refractivity contribution in [2.45, 2.75) is 26.6 Å². The molecule has 0 spiro atoms. The molecule has 0 amide bonds. The Balaban J connectivity index is 2.28. The molecule has 0 atom stereocenters. The maximum Gasteiger partial charge on any atom is 0.350 e. The predicted octanol–water partition coefficient (Wildman–Crippen LogP) is 2.76. The van der Waals surface area contributed by atoms with Crippen molar-refractivity contribution in [3.05, 3.63) is 39.5 Å². The number of nitrogens with one attached hydrogen (secondary N) is 1. The molecule has 2 rings (SSSR count). The maximum absolute atomic E-state index is 11.8. The fourth-order valence-electron chi connectivity index (χ4n) is 1.91. The second-order valence-electron chi connectivity index (χ2n) is 5.14. The molecule has 1 aromatic carbocycles. The van der Waals surface area contributed by atoms with Crippen molar-refractivity contribution in [1.82, 2.24) is 0 Å². The zero-order valence-electron chi connectivity index (χ0n) is 12.2. The molecule has 1 saturated heterocycles. The molecule has 6 nitrogen and oxygen atoms in total. The smallest absolute Gasteiger partial charge is 0.350 e. The molecule has 0 aliphatic carbocycles. The van der Waals surface area contributed by atoms with Crippen LogP contribution in [0.4, 0.5) is 5.69 Å². The molecule has 1 aliphatic rings. The molecule has 22 heavy (non-hydrogen) atoms. The second kappa shape index (κ2) is 5.81. The third-order valence-electron chi connectivity index (χ3n) is 2.89. The van der Waals surface area contributed by atoms with Crippen molar-refractivity contribution in [3.8, 4) is 6.07 Å². The molecule has 1 fully saturated rings. The van der Waals surface area contributed by atoms with Crippen LogP contribution in [0.5, 0.6) is 0 Å². The Morgan fingerprint density at radius 2 is 1.86 bits per heavy atom. The van der Waals surface area contributed by atoms with Crippen molar-refractivity contribution in [1.29, 1.82) is 5.26 Å². The fraction of sp³-hybridized carbons (Fsp3) is 0.267. The van der Waals surface area contributed by atoms with Gasteiger partial charge in [0.2, 0.25) is 0 Å². The van der Waals surface area contributed by atoms with Crippen molar-refractivity contribution in [3.63, 3.8) is 0 Å². The summed E-state index contributed by atoms with van der Waals surface area (Å²) < 4.78 is 10.6. The molecule has 1 aliphatic heterocycles. The lowest BCUT2D eigenvalue weighted by molar-refractivity contribution is -0.222. The molecule has 1 N–H and O–H groups in total. The number of ether oxygens (including phenoxy) is 2. The molecule has 0 radical (unpaired) electrons. The van der Waals surface area contributed by atoms with Crippen LogP contribution in [0.2, 0.25) is 0 Å². The number of hydrogen-bond donors (Lipinski definition) is 1. The van der Waals surface area contributed by atoms with Gasteiger partial charge in [0.1, 0.15) is 0 Å². The highest BCUT2D eigenvalue weighted by molar-refractivity contribution is 9.10. The van der Waals surface area contributed by atoms with Crippen molar-refractivity contribution in [2.24, 2.45) is 0 Å². The molecule has 114 valence electrons. The van der Waals surface area contributed by atoms with E-state index in [9.17, 15) is 9.59 Å². The minimum absolute atomic E-state index is 0.227. The number of nitriles is 1. The van der Waals surface area contributed by atoms with E-state index in [2.05, 4.69) is 21.2 Å². The number of carbonyl (C=O) groups excluding carboxylic acids is 2. The van der Waals surface area contributed by atoms with Gasteiger partial charge in [0.05, 0.1) is 17.3 Å². The van der Waals surface area contributed by atoms with Gasteiger partial charge in [0.15, 0.2) is 5.57 Å². The van der Waals surface area contributed by atoms with Crippen LogP contribution in [0.15, 0.2) is 28.4 Å². The minimum atomic E-state index is -1.27. The molecular formula is C15H13BrN2O4. The van der Waals surface area contributed by atoms with Gasteiger partial charge in [-0.15, -0.1) is 0 Å². The predicted molar refractivity (Wildman–Crippen MR) is 81.6 cm³/mol. The number of nitrogens with zero attached hydrogens (tertiary/aromatic N) is 1. The number of hydrogen-bond acceptors (Lipinski definition) is 6. The minimum Gasteiger partial charge on any atom is -0.419 e. The fourth-order valence-corrected chi connectivity index (χ4v) is 2.59. The van der Waals surface area contributed by atoms with Gasteiger partial charge in [-0.1, -0.05) is 0 Å². The van der Waals surface area contributed by atoms with E-state index in [0.29, 0.717) is 15.7 Å². The third kappa shape index (κ3) is 3.28. The van der Waals surface area contributed by atoms with E-state index >= 15 is 0 Å². The van der Waals surface area contributed by atoms with Crippen LogP contribution in [0.25, 0.3) is 0 Å². The summed E-state index contributed by atoms with van der Waals surface area (Å²) in [4.78, 5) is 23.7. The number of anilines is 1. The highest BCUT2D eigenvalue weighted by Crippen LogP contribution is 2.29. The average Bonchev–Trinajstić information content (AvgIpc) is 2.38. The summed E-state index contributed by atoms with van der Waals surface area (Å²) in [5.41, 5.74) is 1.69. The van der Waals surface area contributed by atoms with Gasteiger partial charge in [-0.25, -0.2) is 9.59 Å². The maximum atomic E-state index is 11.8. The van der Waals surface area contributed by atoms with Gasteiger partial charge >= 0.3 is 11.9 Å². The number of aryl methyl sites for hydroxylation is 1. The SMILES string of the molecule is Cc1cc(C#N)cc(Br)c1NC=C1C(=O)OC(C)(C)OC1=O. The molecule has 1 heterocycles. The summed E-state index contributed by atoms with van der Waals surface area (Å²) in [5.74, 6) is -2.77. The number of benzene rings is 1. The van der Waals surface area contributed by atoms with Crippen LogP contribution in [-0.4, -0.2) is 17.7 Å². The van der Waals surface area contributed by atoms with E-state index in [1.54, 1.807) is 19.1 Å². The monoisotopic (exact) mass is 364 g/mol. The highest BCUT2D eigenvalue weighted by atomic mass is 79.9. The standard InChI is InChI=1S/C15H13BrN2O4/c1-8-4-9(6-17)5-11(16)12(8)18-7-10-13(19)21-15(2,3)22-14(10)20/h4-5,7,18H,1-3H3. The van der Waals surface area contributed by atoms with Gasteiger partial charge in [0.25, 0.3) is 5.79 Å². The summed E-state index contributed by atoms with van der Waals surface area (Å²) in [6, 6.07) is 5.36. The van der Waals surface area contributed by atoms with Crippen LogP contribution in [0.1, 0.15) is 25.0 Å². The summed E-state index contributed by atoms with van der Waals surface area (Å²) in [6.07, 6.45) is 1.24. The summed E-state index contributed by atoms with van der Waals surface area (Å²) in [7, 11) is 0. The lowest BCUT2D eigenvalue weighted by Gasteiger charge is -2.29. The first-order valence-electron chi connectivity index (χ1n) is 6.37. The Morgan fingerprint density at radius 3 is 2.36 bits per heavy atom. The molecule has 1 aromatic rings. The third-order valence-corrected chi connectivity index (χ3v) is 3.52. The lowest BCUT2D eigenvalue weighted by Crippen LogP contribution is -2.42. The van der Waals surface area contributed by atoms with Crippen LogP contribution in [-0.2, 0) is 19.1 Å². The molecular weight excluding hydrogens is 352 g/mol. The average molecular weight is 365 g/mol. The summed E-state index contributed by atoms with van der Waals surface area (Å²) >= 11 is 3.34. The van der Waals surface area contributed by atoms with Gasteiger partial charge < -0.3 is 14.8 Å². The second-order valence-corrected chi connectivity index (χ2v) is 6.00. The van der Waals surface area contributed by atoms with Gasteiger partial charge in [-0.3, -0.25) is 0 Å². The zero-order chi connectivity index (χ0) is 16.5. The van der Waals surface area contributed by atoms with E-state index in [1.165, 1.54) is 20.0 Å². The Hall–Kier alpha value is -2.33. The van der Waals surface area contributed by atoms with E-state index in [-0.39, 0.29) is 5.57 Å². The van der Waals surface area contributed by atoms with E-state index in [4.69, 9.17) is 14.7 Å². The number of halogens is 1. The first-order valence-corrected chi connectivity index (χ1v) is 7.16. The molecule has 0 bridgehead atoms. The Bertz CT molecular complexity index is 687. The molecule has 0 saturated carbocycles. The van der Waals surface area contributed by atoms with Crippen molar-refractivity contribution in [2.75, 3.05) is 5.32 Å². The lowest BCUT2D eigenvalue weighted by atomic mass is 10.1. The van der Waals surface area contributed by atoms with Crippen LogP contribution >= 0.6 is 15.9 Å². The van der Waals surface area contributed by atoms with Gasteiger partial charge in [-0.05, 0) is 40.5 Å². The molecule has 7 heteroatoms. The Labute approximate surface area is 135 Å². The number of cyclic esters (lactones) is 2. The van der Waals surface area contributed by atoms with Crippen molar-refractivity contribution < 1.29 is 19.1 Å². The molecule has 0 unspecified atom stereocenters. The highest BCUT2D eigenvalue weighted by Gasteiger charge is 2.38. The van der Waals surface area contributed by atoms with Crippen molar-refractivity contribution >= 4 is 33.6 Å². The zero-order valence-corrected chi connectivity index (χ0v) is 13.8. The molecule has 0 aromatic heterocycles. The number of carbonyl (C=O) groups is 2. The number of esters is 2. The quantitative estimate of drug-likeness (QED) is 0.493.